The van der Waals surface area contributed by atoms with E-state index in [9.17, 15) is 0 Å². The van der Waals surface area contributed by atoms with E-state index in [0.717, 1.165) is 6.42 Å². The van der Waals surface area contributed by atoms with Crippen LogP contribution in [0.4, 0.5) is 0 Å². The molecule has 0 aliphatic rings. The quantitative estimate of drug-likeness (QED) is 0.343. The van der Waals surface area contributed by atoms with Gasteiger partial charge in [0.1, 0.15) is 7.05 Å². The van der Waals surface area contributed by atoms with Crippen LogP contribution in [0.15, 0.2) is 24.4 Å². The van der Waals surface area contributed by atoms with E-state index in [0.29, 0.717) is 5.92 Å². The van der Waals surface area contributed by atoms with Crippen LogP contribution < -0.4 is 0 Å². The summed E-state index contributed by atoms with van der Waals surface area (Å²) in [6.45, 7) is 10.2. The van der Waals surface area contributed by atoms with Crippen LogP contribution in [-0.2, 0) is 0 Å². The molecular formula is C11H20N+. The average Bonchev–Trinajstić information content (AvgIpc) is 2.03. The average molecular weight is 166 g/mol. The summed E-state index contributed by atoms with van der Waals surface area (Å²) >= 11 is 0. The third-order valence-corrected chi connectivity index (χ3v) is 1.86. The van der Waals surface area contributed by atoms with Crippen molar-refractivity contribution < 1.29 is 4.58 Å². The van der Waals surface area contributed by atoms with Crippen molar-refractivity contribution in [1.82, 2.24) is 0 Å². The summed E-state index contributed by atoms with van der Waals surface area (Å²) in [6.07, 6.45) is 7.37. The van der Waals surface area contributed by atoms with Gasteiger partial charge in [-0.05, 0) is 26.8 Å². The fourth-order valence-electron chi connectivity index (χ4n) is 1.04. The van der Waals surface area contributed by atoms with Crippen LogP contribution in [0, 0.1) is 5.92 Å². The van der Waals surface area contributed by atoms with E-state index in [2.05, 4.69) is 39.6 Å². The standard InChI is InChI=1S/C11H20N/c1-6-10(3)8-11(4)9-12(5)7-2/h7-9,11H,2,6H2,1,3-5H3/q+1/b10-8+,12-9?. The van der Waals surface area contributed by atoms with E-state index in [-0.39, 0.29) is 0 Å². The Morgan fingerprint density at radius 1 is 1.58 bits per heavy atom. The Balaban J connectivity index is 4.22. The Morgan fingerprint density at radius 2 is 2.17 bits per heavy atom. The summed E-state index contributed by atoms with van der Waals surface area (Å²) in [6, 6.07) is 0. The molecule has 0 saturated heterocycles. The van der Waals surface area contributed by atoms with Crippen molar-refractivity contribution in [3.05, 3.63) is 24.4 Å². The second-order valence-electron chi connectivity index (χ2n) is 3.22. The van der Waals surface area contributed by atoms with Crippen molar-refractivity contribution in [1.29, 1.82) is 0 Å². The Bertz CT molecular complexity index is 199. The van der Waals surface area contributed by atoms with Crippen LogP contribution in [0.5, 0.6) is 0 Å². The van der Waals surface area contributed by atoms with Crippen LogP contribution in [0.1, 0.15) is 27.2 Å². The first-order chi connectivity index (χ1) is 5.60. The van der Waals surface area contributed by atoms with Crippen molar-refractivity contribution in [2.24, 2.45) is 5.92 Å². The molecule has 68 valence electrons. The molecule has 0 aromatic rings. The zero-order valence-electron chi connectivity index (χ0n) is 8.67. The lowest BCUT2D eigenvalue weighted by atomic mass is 10.1. The summed E-state index contributed by atoms with van der Waals surface area (Å²) in [5, 5.41) is 0. The first-order valence-electron chi connectivity index (χ1n) is 4.47. The lowest BCUT2D eigenvalue weighted by molar-refractivity contribution is -0.418. The Morgan fingerprint density at radius 3 is 2.58 bits per heavy atom. The monoisotopic (exact) mass is 166 g/mol. The highest BCUT2D eigenvalue weighted by molar-refractivity contribution is 5.57. The van der Waals surface area contributed by atoms with Crippen molar-refractivity contribution >= 4 is 6.21 Å². The Kier molecular flexibility index (Phi) is 5.35. The van der Waals surface area contributed by atoms with Crippen LogP contribution in [0.2, 0.25) is 0 Å². The highest BCUT2D eigenvalue weighted by atomic mass is 14.9. The second kappa shape index (κ2) is 5.76. The molecular weight excluding hydrogens is 146 g/mol. The first kappa shape index (κ1) is 11.2. The van der Waals surface area contributed by atoms with Gasteiger partial charge in [-0.2, -0.15) is 0 Å². The third-order valence-electron chi connectivity index (χ3n) is 1.86. The molecule has 0 aromatic heterocycles. The van der Waals surface area contributed by atoms with Crippen LogP contribution in [0.3, 0.4) is 0 Å². The summed E-state index contributed by atoms with van der Waals surface area (Å²) in [5.41, 5.74) is 1.44. The molecule has 0 bridgehead atoms. The normalized spacial score (nSPS) is 16.0. The molecule has 0 heterocycles. The molecule has 1 heteroatoms. The predicted molar refractivity (Wildman–Crippen MR) is 55.7 cm³/mol. The van der Waals surface area contributed by atoms with Gasteiger partial charge in [-0.1, -0.05) is 18.6 Å². The molecule has 0 N–H and O–H groups in total. The molecule has 1 atom stereocenters. The SMILES string of the molecule is C=C[N+](C)=CC(C)/C=C(\C)CC. The number of hydrogen-bond donors (Lipinski definition) is 0. The van der Waals surface area contributed by atoms with Gasteiger partial charge in [-0.25, -0.2) is 4.58 Å². The van der Waals surface area contributed by atoms with Gasteiger partial charge in [-0.15, -0.1) is 0 Å². The van der Waals surface area contributed by atoms with Crippen LogP contribution >= 0.6 is 0 Å². The number of rotatable bonds is 4. The maximum Gasteiger partial charge on any atom is 0.161 e. The minimum Gasteiger partial charge on any atom is -0.212 e. The van der Waals surface area contributed by atoms with E-state index in [1.807, 2.05) is 17.8 Å². The topological polar surface area (TPSA) is 3.01 Å². The zero-order valence-corrected chi connectivity index (χ0v) is 8.67. The van der Waals surface area contributed by atoms with E-state index in [4.69, 9.17) is 0 Å². The molecule has 0 saturated carbocycles. The lowest BCUT2D eigenvalue weighted by Gasteiger charge is -1.98. The van der Waals surface area contributed by atoms with Crippen molar-refractivity contribution in [2.45, 2.75) is 27.2 Å². The highest BCUT2D eigenvalue weighted by Crippen LogP contribution is 2.03. The number of nitrogens with zero attached hydrogens (tertiary/aromatic N) is 1. The molecule has 1 nitrogen and oxygen atoms in total. The molecule has 12 heavy (non-hydrogen) atoms. The van der Waals surface area contributed by atoms with Gasteiger partial charge >= 0.3 is 0 Å². The predicted octanol–water partition coefficient (Wildman–Crippen LogP) is 2.84. The van der Waals surface area contributed by atoms with Crippen LogP contribution in [-0.4, -0.2) is 17.8 Å². The summed E-state index contributed by atoms with van der Waals surface area (Å²) in [4.78, 5) is 0. The molecule has 0 fully saturated rings. The Labute approximate surface area is 76.1 Å². The molecule has 0 aromatic carbocycles. The van der Waals surface area contributed by atoms with E-state index in [1.54, 1.807) is 0 Å². The maximum atomic E-state index is 3.69. The third kappa shape index (κ3) is 4.89. The summed E-state index contributed by atoms with van der Waals surface area (Å²) in [7, 11) is 2.00. The molecule has 1 unspecified atom stereocenters. The molecule has 0 spiro atoms. The van der Waals surface area contributed by atoms with Crippen molar-refractivity contribution in [2.75, 3.05) is 7.05 Å². The van der Waals surface area contributed by atoms with Gasteiger partial charge in [0.25, 0.3) is 0 Å². The van der Waals surface area contributed by atoms with Gasteiger partial charge in [0.2, 0.25) is 0 Å². The molecule has 0 aliphatic carbocycles. The molecule has 0 amide bonds. The fourth-order valence-corrected chi connectivity index (χ4v) is 1.04. The summed E-state index contributed by atoms with van der Waals surface area (Å²) in [5.74, 6) is 0.493. The molecule has 0 radical (unpaired) electrons. The molecule has 0 aliphatic heterocycles. The number of hydrogen-bond acceptors (Lipinski definition) is 0. The molecule has 0 rings (SSSR count). The van der Waals surface area contributed by atoms with Gasteiger partial charge in [-0.3, -0.25) is 0 Å². The fraction of sp³-hybridized carbons (Fsp3) is 0.545. The van der Waals surface area contributed by atoms with Gasteiger partial charge in [0, 0.05) is 0 Å². The van der Waals surface area contributed by atoms with Crippen LogP contribution in [0.25, 0.3) is 0 Å². The minimum absolute atomic E-state index is 0.493. The first-order valence-corrected chi connectivity index (χ1v) is 4.47. The smallest absolute Gasteiger partial charge is 0.161 e. The lowest BCUT2D eigenvalue weighted by Crippen LogP contribution is -2.04. The Hall–Kier alpha value is -0.850. The van der Waals surface area contributed by atoms with Gasteiger partial charge in [0.15, 0.2) is 12.4 Å². The number of allylic oxidation sites excluding steroid dienone is 2. The van der Waals surface area contributed by atoms with E-state index in [1.165, 1.54) is 5.57 Å². The van der Waals surface area contributed by atoms with Gasteiger partial charge in [0.05, 0.1) is 5.92 Å². The van der Waals surface area contributed by atoms with Crippen molar-refractivity contribution in [3.63, 3.8) is 0 Å². The van der Waals surface area contributed by atoms with Crippen molar-refractivity contribution in [3.8, 4) is 0 Å². The summed E-state index contributed by atoms with van der Waals surface area (Å²) < 4.78 is 1.99. The second-order valence-corrected chi connectivity index (χ2v) is 3.22. The highest BCUT2D eigenvalue weighted by Gasteiger charge is 1.98. The van der Waals surface area contributed by atoms with E-state index >= 15 is 0 Å². The van der Waals surface area contributed by atoms with E-state index < -0.39 is 0 Å². The minimum atomic E-state index is 0.493. The zero-order chi connectivity index (χ0) is 9.56. The maximum absolute atomic E-state index is 3.69. The van der Waals surface area contributed by atoms with Gasteiger partial charge < -0.3 is 0 Å². The largest absolute Gasteiger partial charge is 0.212 e.